The standard InChI is InChI=1S/C14H16N4O3S2/c1-9(17-14-16-8-12(22-14)23(15,20)21)13(19)18-7-6-10-4-2-3-5-11(10)18/h2-5,8-9H,6-7H2,1H3,(H,16,17)(H2,15,20,21). The highest BCUT2D eigenvalue weighted by molar-refractivity contribution is 7.91. The van der Waals surface area contributed by atoms with Gasteiger partial charge in [-0.05, 0) is 25.0 Å². The molecular weight excluding hydrogens is 336 g/mol. The van der Waals surface area contributed by atoms with Crippen LogP contribution in [0.2, 0.25) is 0 Å². The number of nitrogens with zero attached hydrogens (tertiary/aromatic N) is 2. The molecule has 1 aliphatic rings. The third kappa shape index (κ3) is 3.21. The van der Waals surface area contributed by atoms with Crippen LogP contribution in [0.5, 0.6) is 0 Å². The summed E-state index contributed by atoms with van der Waals surface area (Å²) in [5.74, 6) is -0.0812. The Balaban J connectivity index is 1.73. The Hall–Kier alpha value is -1.97. The molecule has 0 radical (unpaired) electrons. The third-order valence-corrected chi connectivity index (χ3v) is 5.96. The normalized spacial score (nSPS) is 15.3. The van der Waals surface area contributed by atoms with Crippen LogP contribution in [0.25, 0.3) is 0 Å². The number of sulfonamides is 1. The number of carbonyl (C=O) groups is 1. The first-order valence-corrected chi connectivity index (χ1v) is 9.37. The van der Waals surface area contributed by atoms with E-state index in [1.54, 1.807) is 11.8 Å². The van der Waals surface area contributed by atoms with Crippen LogP contribution in [0.4, 0.5) is 10.8 Å². The maximum atomic E-state index is 12.6. The molecule has 0 bridgehead atoms. The van der Waals surface area contributed by atoms with Gasteiger partial charge in [0.2, 0.25) is 15.9 Å². The summed E-state index contributed by atoms with van der Waals surface area (Å²) in [6.45, 7) is 2.37. The smallest absolute Gasteiger partial charge is 0.249 e. The van der Waals surface area contributed by atoms with Crippen LogP contribution in [0.3, 0.4) is 0 Å². The number of hydrogen-bond acceptors (Lipinski definition) is 6. The van der Waals surface area contributed by atoms with Gasteiger partial charge in [0.25, 0.3) is 0 Å². The van der Waals surface area contributed by atoms with Crippen molar-refractivity contribution in [3.63, 3.8) is 0 Å². The number of aromatic nitrogens is 1. The number of para-hydroxylation sites is 1. The quantitative estimate of drug-likeness (QED) is 0.859. The first kappa shape index (κ1) is 15.9. The van der Waals surface area contributed by atoms with Crippen LogP contribution in [-0.2, 0) is 21.2 Å². The van der Waals surface area contributed by atoms with Crippen molar-refractivity contribution in [2.24, 2.45) is 5.14 Å². The molecule has 0 saturated heterocycles. The highest BCUT2D eigenvalue weighted by Gasteiger charge is 2.28. The summed E-state index contributed by atoms with van der Waals surface area (Å²) in [6.07, 6.45) is 2.02. The molecule has 1 aliphatic heterocycles. The Labute approximate surface area is 138 Å². The van der Waals surface area contributed by atoms with Crippen molar-refractivity contribution in [1.29, 1.82) is 0 Å². The van der Waals surface area contributed by atoms with Crippen molar-refractivity contribution in [2.75, 3.05) is 16.8 Å². The molecule has 0 aliphatic carbocycles. The van der Waals surface area contributed by atoms with Gasteiger partial charge in [0.1, 0.15) is 6.04 Å². The van der Waals surface area contributed by atoms with Crippen molar-refractivity contribution < 1.29 is 13.2 Å². The van der Waals surface area contributed by atoms with E-state index in [1.165, 1.54) is 6.20 Å². The maximum absolute atomic E-state index is 12.6. The first-order valence-electron chi connectivity index (χ1n) is 7.01. The van der Waals surface area contributed by atoms with Gasteiger partial charge < -0.3 is 10.2 Å². The average Bonchev–Trinajstić information content (AvgIpc) is 3.12. The highest BCUT2D eigenvalue weighted by Crippen LogP contribution is 2.28. The summed E-state index contributed by atoms with van der Waals surface area (Å²) in [4.78, 5) is 18.3. The molecule has 0 spiro atoms. The molecule has 9 heteroatoms. The van der Waals surface area contributed by atoms with Crippen molar-refractivity contribution in [2.45, 2.75) is 23.6 Å². The minimum atomic E-state index is -3.77. The van der Waals surface area contributed by atoms with Crippen LogP contribution in [0.1, 0.15) is 12.5 Å². The molecule has 3 rings (SSSR count). The van der Waals surface area contributed by atoms with Gasteiger partial charge in [-0.1, -0.05) is 29.5 Å². The summed E-state index contributed by atoms with van der Waals surface area (Å²) in [5.41, 5.74) is 2.08. The minimum absolute atomic E-state index is 0.0360. The summed E-state index contributed by atoms with van der Waals surface area (Å²) in [5, 5.41) is 8.34. The van der Waals surface area contributed by atoms with Gasteiger partial charge in [-0.2, -0.15) is 0 Å². The van der Waals surface area contributed by atoms with E-state index >= 15 is 0 Å². The van der Waals surface area contributed by atoms with E-state index in [-0.39, 0.29) is 10.1 Å². The third-order valence-electron chi connectivity index (χ3n) is 3.63. The molecule has 23 heavy (non-hydrogen) atoms. The summed E-state index contributed by atoms with van der Waals surface area (Å²) in [6, 6.07) is 7.27. The van der Waals surface area contributed by atoms with E-state index in [0.717, 1.165) is 29.0 Å². The second kappa shape index (κ2) is 5.91. The molecule has 2 heterocycles. The van der Waals surface area contributed by atoms with Gasteiger partial charge in [-0.25, -0.2) is 18.5 Å². The average molecular weight is 352 g/mol. The zero-order chi connectivity index (χ0) is 16.6. The Kier molecular flexibility index (Phi) is 4.09. The topological polar surface area (TPSA) is 105 Å². The van der Waals surface area contributed by atoms with Gasteiger partial charge in [-0.15, -0.1) is 0 Å². The molecule has 3 N–H and O–H groups in total. The largest absolute Gasteiger partial charge is 0.350 e. The van der Waals surface area contributed by atoms with E-state index in [0.29, 0.717) is 11.7 Å². The predicted octanol–water partition coefficient (Wildman–Crippen LogP) is 1.18. The van der Waals surface area contributed by atoms with Crippen molar-refractivity contribution in [1.82, 2.24) is 4.98 Å². The molecule has 1 atom stereocenters. The number of hydrogen-bond donors (Lipinski definition) is 2. The van der Waals surface area contributed by atoms with Crippen LogP contribution in [0.15, 0.2) is 34.7 Å². The van der Waals surface area contributed by atoms with E-state index in [2.05, 4.69) is 10.3 Å². The molecule has 1 aromatic carbocycles. The maximum Gasteiger partial charge on any atom is 0.249 e. The molecule has 1 aromatic heterocycles. The number of nitrogens with one attached hydrogen (secondary N) is 1. The Morgan fingerprint density at radius 1 is 1.43 bits per heavy atom. The number of fused-ring (bicyclic) bond motifs is 1. The lowest BCUT2D eigenvalue weighted by atomic mass is 10.2. The van der Waals surface area contributed by atoms with Crippen LogP contribution >= 0.6 is 11.3 Å². The van der Waals surface area contributed by atoms with E-state index < -0.39 is 16.1 Å². The lowest BCUT2D eigenvalue weighted by Gasteiger charge is -2.22. The van der Waals surface area contributed by atoms with Gasteiger partial charge in [0, 0.05) is 12.2 Å². The second-order valence-electron chi connectivity index (χ2n) is 5.26. The number of amides is 1. The zero-order valence-corrected chi connectivity index (χ0v) is 14.0. The molecular formula is C14H16N4O3S2. The number of anilines is 2. The number of primary sulfonamides is 1. The van der Waals surface area contributed by atoms with E-state index in [9.17, 15) is 13.2 Å². The molecule has 122 valence electrons. The Morgan fingerprint density at radius 3 is 2.87 bits per heavy atom. The van der Waals surface area contributed by atoms with E-state index in [1.807, 2.05) is 24.3 Å². The summed E-state index contributed by atoms with van der Waals surface area (Å²) >= 11 is 0.908. The lowest BCUT2D eigenvalue weighted by Crippen LogP contribution is -2.40. The molecule has 0 fully saturated rings. The molecule has 1 amide bonds. The molecule has 7 nitrogen and oxygen atoms in total. The van der Waals surface area contributed by atoms with E-state index in [4.69, 9.17) is 5.14 Å². The van der Waals surface area contributed by atoms with Gasteiger partial charge >= 0.3 is 0 Å². The predicted molar refractivity (Wildman–Crippen MR) is 89.1 cm³/mol. The fourth-order valence-electron chi connectivity index (χ4n) is 2.51. The highest BCUT2D eigenvalue weighted by atomic mass is 32.2. The van der Waals surface area contributed by atoms with Crippen LogP contribution in [0, 0.1) is 0 Å². The number of benzene rings is 1. The Bertz CT molecular complexity index is 847. The minimum Gasteiger partial charge on any atom is -0.350 e. The summed E-state index contributed by atoms with van der Waals surface area (Å²) in [7, 11) is -3.77. The molecule has 1 unspecified atom stereocenters. The van der Waals surface area contributed by atoms with Gasteiger partial charge in [0.15, 0.2) is 9.34 Å². The second-order valence-corrected chi connectivity index (χ2v) is 8.08. The van der Waals surface area contributed by atoms with Gasteiger partial charge in [-0.3, -0.25) is 4.79 Å². The number of nitrogens with two attached hydrogens (primary N) is 1. The van der Waals surface area contributed by atoms with Crippen LogP contribution in [-0.4, -0.2) is 31.9 Å². The molecule has 0 saturated carbocycles. The fraction of sp³-hybridized carbons (Fsp3) is 0.286. The first-order chi connectivity index (χ1) is 10.9. The number of rotatable bonds is 4. The van der Waals surface area contributed by atoms with Crippen molar-refractivity contribution in [3.05, 3.63) is 36.0 Å². The van der Waals surface area contributed by atoms with Gasteiger partial charge in [0.05, 0.1) is 6.20 Å². The SMILES string of the molecule is CC(Nc1ncc(S(N)(=O)=O)s1)C(=O)N1CCc2ccccc21. The number of carbonyl (C=O) groups excluding carboxylic acids is 1. The summed E-state index contributed by atoms with van der Waals surface area (Å²) < 4.78 is 22.5. The zero-order valence-electron chi connectivity index (χ0n) is 12.4. The Morgan fingerprint density at radius 2 is 2.17 bits per heavy atom. The van der Waals surface area contributed by atoms with Crippen molar-refractivity contribution in [3.8, 4) is 0 Å². The fourth-order valence-corrected chi connectivity index (χ4v) is 4.04. The number of thiazole rings is 1. The monoisotopic (exact) mass is 352 g/mol. The molecule has 2 aromatic rings. The van der Waals surface area contributed by atoms with Crippen molar-refractivity contribution >= 4 is 38.1 Å². The lowest BCUT2D eigenvalue weighted by molar-refractivity contribution is -0.118. The van der Waals surface area contributed by atoms with Crippen LogP contribution < -0.4 is 15.4 Å².